The van der Waals surface area contributed by atoms with E-state index >= 15 is 0 Å². The van der Waals surface area contributed by atoms with Crippen LogP contribution in [0.4, 0.5) is 4.39 Å². The van der Waals surface area contributed by atoms with Gasteiger partial charge in [0.2, 0.25) is 0 Å². The van der Waals surface area contributed by atoms with E-state index in [1.807, 2.05) is 13.0 Å². The summed E-state index contributed by atoms with van der Waals surface area (Å²) >= 11 is 4.85. The number of aryl methyl sites for hydroxylation is 1. The highest BCUT2D eigenvalue weighted by Gasteiger charge is 2.09. The average Bonchev–Trinajstić information content (AvgIpc) is 2.31. The lowest BCUT2D eigenvalue weighted by Gasteiger charge is -2.00. The molecule has 1 aromatic heterocycles. The van der Waals surface area contributed by atoms with Crippen molar-refractivity contribution < 1.29 is 4.39 Å². The van der Waals surface area contributed by atoms with Gasteiger partial charge >= 0.3 is 0 Å². The molecule has 0 amide bonds. The van der Waals surface area contributed by atoms with Gasteiger partial charge in [-0.15, -0.1) is 23.7 Å². The van der Waals surface area contributed by atoms with Crippen molar-refractivity contribution in [2.24, 2.45) is 5.73 Å². The Balaban J connectivity index is 0.00000121. The third-order valence-corrected chi connectivity index (χ3v) is 3.68. The number of hydrogen-bond donors (Lipinski definition) is 1. The number of nitrogens with two attached hydrogens (primary N) is 1. The van der Waals surface area contributed by atoms with E-state index in [0.717, 1.165) is 14.2 Å². The van der Waals surface area contributed by atoms with Crippen LogP contribution in [0.1, 0.15) is 16.5 Å². The van der Waals surface area contributed by atoms with Gasteiger partial charge in [-0.3, -0.25) is 0 Å². The van der Waals surface area contributed by atoms with E-state index in [0.29, 0.717) is 0 Å². The van der Waals surface area contributed by atoms with Crippen molar-refractivity contribution in [2.45, 2.75) is 13.0 Å². The summed E-state index contributed by atoms with van der Waals surface area (Å²) in [5.41, 5.74) is 6.61. The molecule has 0 saturated carbocycles. The van der Waals surface area contributed by atoms with Crippen LogP contribution in [0.2, 0.25) is 0 Å². The molecule has 0 radical (unpaired) electrons. The normalized spacial score (nSPS) is 12.3. The predicted octanol–water partition coefficient (Wildman–Crippen LogP) is 3.21. The minimum Gasteiger partial charge on any atom is -0.321 e. The van der Waals surface area contributed by atoms with Crippen molar-refractivity contribution in [3.05, 3.63) is 20.3 Å². The molecular weight excluding hydrogens is 265 g/mol. The van der Waals surface area contributed by atoms with Gasteiger partial charge in [-0.1, -0.05) is 0 Å². The standard InChI is InChI=1S/C7H9BrFNS.ClH/c1-4-2-6(5(10)3-9)11-7(4)8;/h2,5H,3,10H2,1H3;1H/t5-;/m0./s1. The molecule has 1 heterocycles. The molecule has 0 spiro atoms. The topological polar surface area (TPSA) is 26.0 Å². The van der Waals surface area contributed by atoms with Gasteiger partial charge in [0.25, 0.3) is 0 Å². The van der Waals surface area contributed by atoms with Crippen LogP contribution in [-0.2, 0) is 0 Å². The molecule has 0 bridgehead atoms. The molecule has 1 rings (SSSR count). The van der Waals surface area contributed by atoms with Gasteiger partial charge in [0.05, 0.1) is 9.83 Å². The van der Waals surface area contributed by atoms with Crippen LogP contribution >= 0.6 is 39.7 Å². The Bertz CT molecular complexity index is 234. The maximum Gasteiger partial charge on any atom is 0.109 e. The molecule has 0 aromatic carbocycles. The number of hydrogen-bond acceptors (Lipinski definition) is 2. The average molecular weight is 275 g/mol. The molecule has 0 unspecified atom stereocenters. The van der Waals surface area contributed by atoms with E-state index in [9.17, 15) is 4.39 Å². The SMILES string of the molecule is Cc1cc([C@@H](N)CF)sc1Br.Cl. The lowest BCUT2D eigenvalue weighted by atomic mass is 10.2. The van der Waals surface area contributed by atoms with E-state index < -0.39 is 12.7 Å². The van der Waals surface area contributed by atoms with Crippen LogP contribution in [0.5, 0.6) is 0 Å². The maximum absolute atomic E-state index is 12.1. The summed E-state index contributed by atoms with van der Waals surface area (Å²) in [5.74, 6) is 0. The Morgan fingerprint density at radius 1 is 1.75 bits per heavy atom. The van der Waals surface area contributed by atoms with Gasteiger partial charge in [-0.05, 0) is 34.5 Å². The van der Waals surface area contributed by atoms with Crippen molar-refractivity contribution >= 4 is 39.7 Å². The van der Waals surface area contributed by atoms with Gasteiger partial charge in [0, 0.05) is 4.88 Å². The van der Waals surface area contributed by atoms with Crippen molar-refractivity contribution in [3.8, 4) is 0 Å². The highest BCUT2D eigenvalue weighted by atomic mass is 79.9. The van der Waals surface area contributed by atoms with Crippen LogP contribution in [0.3, 0.4) is 0 Å². The van der Waals surface area contributed by atoms with Crippen molar-refractivity contribution in [1.29, 1.82) is 0 Å². The van der Waals surface area contributed by atoms with E-state index in [1.165, 1.54) is 11.3 Å². The van der Waals surface area contributed by atoms with Crippen LogP contribution in [0.15, 0.2) is 9.85 Å². The lowest BCUT2D eigenvalue weighted by Crippen LogP contribution is -2.09. The third kappa shape index (κ3) is 2.69. The fourth-order valence-electron chi connectivity index (χ4n) is 0.742. The minimum atomic E-state index is -0.494. The zero-order valence-electron chi connectivity index (χ0n) is 6.51. The molecule has 70 valence electrons. The molecular formula is C7H10BrClFNS. The highest BCUT2D eigenvalue weighted by Crippen LogP contribution is 2.30. The summed E-state index contributed by atoms with van der Waals surface area (Å²) in [6.45, 7) is 1.47. The van der Waals surface area contributed by atoms with E-state index in [-0.39, 0.29) is 12.4 Å². The Kier molecular flexibility index (Phi) is 5.32. The van der Waals surface area contributed by atoms with Crippen molar-refractivity contribution in [3.63, 3.8) is 0 Å². The molecule has 2 N–H and O–H groups in total. The number of halogens is 3. The van der Waals surface area contributed by atoms with Crippen LogP contribution < -0.4 is 5.73 Å². The van der Waals surface area contributed by atoms with E-state index in [1.54, 1.807) is 0 Å². The molecule has 5 heteroatoms. The monoisotopic (exact) mass is 273 g/mol. The number of alkyl halides is 1. The summed E-state index contributed by atoms with van der Waals surface area (Å²) in [7, 11) is 0. The van der Waals surface area contributed by atoms with Gasteiger partial charge in [0.1, 0.15) is 6.67 Å². The zero-order chi connectivity index (χ0) is 8.43. The molecule has 1 aromatic rings. The fourth-order valence-corrected chi connectivity index (χ4v) is 2.29. The molecule has 0 saturated heterocycles. The lowest BCUT2D eigenvalue weighted by molar-refractivity contribution is 0.440. The second-order valence-corrected chi connectivity index (χ2v) is 4.77. The first-order valence-electron chi connectivity index (χ1n) is 3.22. The Morgan fingerprint density at radius 3 is 2.67 bits per heavy atom. The molecule has 1 nitrogen and oxygen atoms in total. The fraction of sp³-hybridized carbons (Fsp3) is 0.429. The van der Waals surface area contributed by atoms with Crippen LogP contribution in [0.25, 0.3) is 0 Å². The molecule has 0 aliphatic carbocycles. The summed E-state index contributed by atoms with van der Waals surface area (Å²) in [6.07, 6.45) is 0. The Labute approximate surface area is 89.7 Å². The third-order valence-electron chi connectivity index (χ3n) is 1.41. The smallest absolute Gasteiger partial charge is 0.109 e. The van der Waals surface area contributed by atoms with Crippen LogP contribution in [-0.4, -0.2) is 6.67 Å². The highest BCUT2D eigenvalue weighted by molar-refractivity contribution is 9.11. The minimum absolute atomic E-state index is 0. The summed E-state index contributed by atoms with van der Waals surface area (Å²) in [6, 6.07) is 1.46. The zero-order valence-corrected chi connectivity index (χ0v) is 9.73. The van der Waals surface area contributed by atoms with Gasteiger partial charge in [-0.25, -0.2) is 4.39 Å². The van der Waals surface area contributed by atoms with Crippen LogP contribution in [0, 0.1) is 6.92 Å². The van der Waals surface area contributed by atoms with E-state index in [2.05, 4.69) is 15.9 Å². The van der Waals surface area contributed by atoms with Gasteiger partial charge in [-0.2, -0.15) is 0 Å². The summed E-state index contributed by atoms with van der Waals surface area (Å²) < 4.78 is 13.1. The molecule has 0 aliphatic rings. The number of thiophene rings is 1. The van der Waals surface area contributed by atoms with Crippen molar-refractivity contribution in [1.82, 2.24) is 0 Å². The van der Waals surface area contributed by atoms with Crippen molar-refractivity contribution in [2.75, 3.05) is 6.67 Å². The molecule has 12 heavy (non-hydrogen) atoms. The largest absolute Gasteiger partial charge is 0.321 e. The Hall–Kier alpha value is 0.360. The summed E-state index contributed by atoms with van der Waals surface area (Å²) in [5, 5.41) is 0. The second kappa shape index (κ2) is 5.17. The van der Waals surface area contributed by atoms with E-state index in [4.69, 9.17) is 5.73 Å². The predicted molar refractivity (Wildman–Crippen MR) is 56.9 cm³/mol. The number of rotatable bonds is 2. The molecule has 0 fully saturated rings. The van der Waals surface area contributed by atoms with Gasteiger partial charge < -0.3 is 5.73 Å². The first-order valence-corrected chi connectivity index (χ1v) is 4.83. The first kappa shape index (κ1) is 12.4. The molecule has 1 atom stereocenters. The Morgan fingerprint density at radius 2 is 2.33 bits per heavy atom. The molecule has 0 aliphatic heterocycles. The summed E-state index contributed by atoms with van der Waals surface area (Å²) in [4.78, 5) is 0.900. The second-order valence-electron chi connectivity index (χ2n) is 2.37. The maximum atomic E-state index is 12.1. The van der Waals surface area contributed by atoms with Gasteiger partial charge in [0.15, 0.2) is 0 Å². The quantitative estimate of drug-likeness (QED) is 0.880. The first-order chi connectivity index (χ1) is 5.15.